The van der Waals surface area contributed by atoms with Crippen LogP contribution in [-0.4, -0.2) is 28.9 Å². The number of fused-ring (bicyclic) bond motifs is 1. The van der Waals surface area contributed by atoms with Crippen molar-refractivity contribution >= 4 is 34.2 Å². The van der Waals surface area contributed by atoms with Gasteiger partial charge in [-0.25, -0.2) is 4.79 Å². The van der Waals surface area contributed by atoms with Crippen molar-refractivity contribution in [3.8, 4) is 0 Å². The number of anilines is 1. The number of hydrogen-bond acceptors (Lipinski definition) is 5. The van der Waals surface area contributed by atoms with Gasteiger partial charge in [0.25, 0.3) is 11.5 Å². The summed E-state index contributed by atoms with van der Waals surface area (Å²) in [5.74, 6) is -1.97. The Morgan fingerprint density at radius 1 is 1.07 bits per heavy atom. The quantitative estimate of drug-likeness (QED) is 0.582. The lowest BCUT2D eigenvalue weighted by Gasteiger charge is -2.14. The minimum absolute atomic E-state index is 0.0471. The van der Waals surface area contributed by atoms with Crippen LogP contribution in [0.15, 0.2) is 59.4 Å². The zero-order valence-corrected chi connectivity index (χ0v) is 14.9. The summed E-state index contributed by atoms with van der Waals surface area (Å²) in [6, 6.07) is 14.3. The Bertz CT molecular complexity index is 1120. The Labute approximate surface area is 159 Å². The molecule has 3 rings (SSSR count). The van der Waals surface area contributed by atoms with Crippen LogP contribution in [0.25, 0.3) is 10.8 Å². The molecular weight excluding hydrogens is 362 g/mol. The van der Waals surface area contributed by atoms with E-state index < -0.39 is 29.4 Å². The van der Waals surface area contributed by atoms with Crippen molar-refractivity contribution in [3.63, 3.8) is 0 Å². The van der Waals surface area contributed by atoms with Crippen molar-refractivity contribution in [2.24, 2.45) is 5.73 Å². The molecule has 4 N–H and O–H groups in total. The van der Waals surface area contributed by atoms with E-state index in [-0.39, 0.29) is 5.69 Å². The molecule has 0 radical (unpaired) electrons. The number of pyridine rings is 1. The molecule has 8 nitrogen and oxygen atoms in total. The van der Waals surface area contributed by atoms with Crippen LogP contribution >= 0.6 is 0 Å². The van der Waals surface area contributed by atoms with Gasteiger partial charge >= 0.3 is 5.97 Å². The predicted octanol–water partition coefficient (Wildman–Crippen LogP) is 1.81. The number of amides is 2. The molecule has 0 saturated heterocycles. The lowest BCUT2D eigenvalue weighted by Crippen LogP contribution is -2.30. The first-order chi connectivity index (χ1) is 13.3. The van der Waals surface area contributed by atoms with Crippen LogP contribution in [0, 0.1) is 0 Å². The highest BCUT2D eigenvalue weighted by Crippen LogP contribution is 2.13. The van der Waals surface area contributed by atoms with Gasteiger partial charge in [0, 0.05) is 16.6 Å². The zero-order chi connectivity index (χ0) is 20.3. The molecule has 2 amide bonds. The first kappa shape index (κ1) is 18.8. The van der Waals surface area contributed by atoms with Gasteiger partial charge in [0.1, 0.15) is 5.69 Å². The Hall–Kier alpha value is -3.94. The standard InChI is InChI=1S/C20H17N3O5/c1-11(18(25)22-14-8-6-12(7-9-14)17(21)24)28-20(27)16-10-13-4-2-3-5-15(13)19(26)23-16/h2-11H,1H3,(H2,21,24)(H,22,25)(H,23,26). The van der Waals surface area contributed by atoms with Gasteiger partial charge in [-0.15, -0.1) is 0 Å². The fourth-order valence-corrected chi connectivity index (χ4v) is 2.56. The summed E-state index contributed by atoms with van der Waals surface area (Å²) in [4.78, 5) is 50.1. The Kier molecular flexibility index (Phi) is 5.21. The molecule has 1 aromatic heterocycles. The number of carbonyl (C=O) groups excluding carboxylic acids is 3. The number of ether oxygens (including phenoxy) is 1. The molecule has 1 unspecified atom stereocenters. The van der Waals surface area contributed by atoms with Crippen molar-refractivity contribution in [3.05, 3.63) is 76.2 Å². The number of nitrogens with two attached hydrogens (primary N) is 1. The Balaban J connectivity index is 1.69. The highest BCUT2D eigenvalue weighted by atomic mass is 16.5. The Morgan fingerprint density at radius 3 is 2.43 bits per heavy atom. The maximum atomic E-state index is 12.3. The third kappa shape index (κ3) is 4.07. The van der Waals surface area contributed by atoms with Crippen LogP contribution in [0.4, 0.5) is 5.69 Å². The number of aromatic nitrogens is 1. The third-order valence-corrected chi connectivity index (χ3v) is 4.06. The molecule has 0 spiro atoms. The van der Waals surface area contributed by atoms with Crippen molar-refractivity contribution in [2.75, 3.05) is 5.32 Å². The van der Waals surface area contributed by atoms with E-state index in [0.29, 0.717) is 22.0 Å². The molecule has 3 aromatic rings. The van der Waals surface area contributed by atoms with E-state index in [2.05, 4.69) is 10.3 Å². The van der Waals surface area contributed by atoms with Gasteiger partial charge in [0.2, 0.25) is 5.91 Å². The summed E-state index contributed by atoms with van der Waals surface area (Å²) in [6.45, 7) is 1.41. The lowest BCUT2D eigenvalue weighted by molar-refractivity contribution is -0.123. The SMILES string of the molecule is CC(OC(=O)c1cc2ccccc2c(=O)[nH]1)C(=O)Nc1ccc(C(N)=O)cc1. The third-order valence-electron chi connectivity index (χ3n) is 4.06. The first-order valence-electron chi connectivity index (χ1n) is 8.39. The molecule has 28 heavy (non-hydrogen) atoms. The lowest BCUT2D eigenvalue weighted by atomic mass is 10.1. The highest BCUT2D eigenvalue weighted by molar-refractivity contribution is 5.98. The number of H-pyrrole nitrogens is 1. The Morgan fingerprint density at radius 2 is 1.75 bits per heavy atom. The largest absolute Gasteiger partial charge is 0.448 e. The number of carbonyl (C=O) groups is 3. The molecule has 2 aromatic carbocycles. The van der Waals surface area contributed by atoms with Gasteiger partial charge in [-0.2, -0.15) is 0 Å². The van der Waals surface area contributed by atoms with E-state index in [1.807, 2.05) is 0 Å². The zero-order valence-electron chi connectivity index (χ0n) is 14.9. The summed E-state index contributed by atoms with van der Waals surface area (Å²) in [5.41, 5.74) is 5.41. The second-order valence-electron chi connectivity index (χ2n) is 6.08. The summed E-state index contributed by atoms with van der Waals surface area (Å²) >= 11 is 0. The summed E-state index contributed by atoms with van der Waals surface area (Å²) in [6.07, 6.45) is -1.11. The monoisotopic (exact) mass is 379 g/mol. The fraction of sp³-hybridized carbons (Fsp3) is 0.100. The number of aromatic amines is 1. The van der Waals surface area contributed by atoms with E-state index >= 15 is 0 Å². The van der Waals surface area contributed by atoms with E-state index in [1.165, 1.54) is 37.3 Å². The van der Waals surface area contributed by atoms with Gasteiger partial charge < -0.3 is 20.8 Å². The molecule has 1 atom stereocenters. The minimum atomic E-state index is -1.11. The van der Waals surface area contributed by atoms with Gasteiger partial charge in [0.15, 0.2) is 6.10 Å². The van der Waals surface area contributed by atoms with Crippen LogP contribution in [0.5, 0.6) is 0 Å². The molecule has 142 valence electrons. The first-order valence-corrected chi connectivity index (χ1v) is 8.39. The maximum Gasteiger partial charge on any atom is 0.355 e. The smallest absolute Gasteiger partial charge is 0.355 e. The second-order valence-corrected chi connectivity index (χ2v) is 6.08. The van der Waals surface area contributed by atoms with Gasteiger partial charge in [0.05, 0.1) is 0 Å². The van der Waals surface area contributed by atoms with Crippen molar-refractivity contribution in [1.82, 2.24) is 4.98 Å². The fourth-order valence-electron chi connectivity index (χ4n) is 2.56. The van der Waals surface area contributed by atoms with Crippen molar-refractivity contribution in [2.45, 2.75) is 13.0 Å². The predicted molar refractivity (Wildman–Crippen MR) is 103 cm³/mol. The van der Waals surface area contributed by atoms with Crippen LogP contribution < -0.4 is 16.6 Å². The van der Waals surface area contributed by atoms with Crippen LogP contribution in [0.1, 0.15) is 27.8 Å². The van der Waals surface area contributed by atoms with Gasteiger partial charge in [-0.3, -0.25) is 14.4 Å². The number of nitrogens with one attached hydrogen (secondary N) is 2. The molecule has 0 fully saturated rings. The number of primary amides is 1. The molecule has 0 aliphatic carbocycles. The van der Waals surface area contributed by atoms with Gasteiger partial charge in [-0.05, 0) is 48.7 Å². The number of rotatable bonds is 5. The molecular formula is C20H17N3O5. The summed E-state index contributed by atoms with van der Waals surface area (Å²) in [7, 11) is 0. The molecule has 8 heteroatoms. The molecule has 0 aliphatic rings. The summed E-state index contributed by atoms with van der Waals surface area (Å²) < 4.78 is 5.14. The number of benzene rings is 2. The number of hydrogen-bond donors (Lipinski definition) is 3. The van der Waals surface area contributed by atoms with Crippen LogP contribution in [-0.2, 0) is 9.53 Å². The highest BCUT2D eigenvalue weighted by Gasteiger charge is 2.20. The average molecular weight is 379 g/mol. The van der Waals surface area contributed by atoms with Crippen LogP contribution in [0.3, 0.4) is 0 Å². The van der Waals surface area contributed by atoms with E-state index in [9.17, 15) is 19.2 Å². The topological polar surface area (TPSA) is 131 Å². The van der Waals surface area contributed by atoms with Crippen molar-refractivity contribution in [1.29, 1.82) is 0 Å². The van der Waals surface area contributed by atoms with E-state index in [0.717, 1.165) is 0 Å². The summed E-state index contributed by atoms with van der Waals surface area (Å²) in [5, 5.41) is 3.60. The normalized spacial score (nSPS) is 11.6. The molecule has 0 saturated carbocycles. The second kappa shape index (κ2) is 7.75. The van der Waals surface area contributed by atoms with E-state index in [1.54, 1.807) is 24.3 Å². The van der Waals surface area contributed by atoms with Crippen LogP contribution in [0.2, 0.25) is 0 Å². The number of esters is 1. The van der Waals surface area contributed by atoms with Crippen molar-refractivity contribution < 1.29 is 19.1 Å². The molecule has 1 heterocycles. The molecule has 0 bridgehead atoms. The molecule has 0 aliphatic heterocycles. The maximum absolute atomic E-state index is 12.3. The van der Waals surface area contributed by atoms with E-state index in [4.69, 9.17) is 10.5 Å². The van der Waals surface area contributed by atoms with Gasteiger partial charge in [-0.1, -0.05) is 18.2 Å². The minimum Gasteiger partial charge on any atom is -0.448 e. The average Bonchev–Trinajstić information content (AvgIpc) is 2.68.